The highest BCUT2D eigenvalue weighted by atomic mass is 32.1. The number of morpholine rings is 1. The summed E-state index contributed by atoms with van der Waals surface area (Å²) in [5, 5.41) is 3.18. The summed E-state index contributed by atoms with van der Waals surface area (Å²) in [5.41, 5.74) is 0.567. The molecule has 1 amide bonds. The third-order valence-corrected chi connectivity index (χ3v) is 4.42. The summed E-state index contributed by atoms with van der Waals surface area (Å²) >= 11 is 1.14. The molecule has 2 rings (SSSR count). The molecule has 1 aromatic rings. The quantitative estimate of drug-likeness (QED) is 0.821. The highest BCUT2D eigenvalue weighted by molar-refractivity contribution is 7.17. The van der Waals surface area contributed by atoms with Gasteiger partial charge in [-0.3, -0.25) is 9.69 Å². The summed E-state index contributed by atoms with van der Waals surface area (Å²) in [6.45, 7) is 9.51. The van der Waals surface area contributed by atoms with Crippen LogP contribution in [0.2, 0.25) is 0 Å². The molecule has 128 valence electrons. The van der Waals surface area contributed by atoms with Crippen molar-refractivity contribution < 1.29 is 19.1 Å². The number of rotatable bonds is 5. The molecular weight excluding hydrogens is 318 g/mol. The maximum absolute atomic E-state index is 12.2. The van der Waals surface area contributed by atoms with Gasteiger partial charge in [-0.2, -0.15) is 0 Å². The van der Waals surface area contributed by atoms with Gasteiger partial charge in [0.1, 0.15) is 4.88 Å². The number of aromatic nitrogens is 1. The van der Waals surface area contributed by atoms with Crippen molar-refractivity contribution in [1.29, 1.82) is 0 Å². The second-order valence-electron chi connectivity index (χ2n) is 5.65. The van der Waals surface area contributed by atoms with Gasteiger partial charge in [0.05, 0.1) is 31.1 Å². The molecule has 2 heterocycles. The van der Waals surface area contributed by atoms with E-state index in [0.717, 1.165) is 24.4 Å². The van der Waals surface area contributed by atoms with Crippen LogP contribution in [0.1, 0.15) is 36.1 Å². The van der Waals surface area contributed by atoms with E-state index in [-0.39, 0.29) is 24.7 Å². The summed E-state index contributed by atoms with van der Waals surface area (Å²) in [6.07, 6.45) is 0.230. The smallest absolute Gasteiger partial charge is 0.350 e. The van der Waals surface area contributed by atoms with Crippen LogP contribution in [0.3, 0.4) is 0 Å². The van der Waals surface area contributed by atoms with Crippen LogP contribution >= 0.6 is 11.3 Å². The Hall–Kier alpha value is -1.51. The van der Waals surface area contributed by atoms with E-state index in [1.165, 1.54) is 0 Å². The first kappa shape index (κ1) is 17.8. The first-order valence-corrected chi connectivity index (χ1v) is 8.52. The Bertz CT molecular complexity index is 565. The number of carbonyl (C=O) groups excluding carboxylic acids is 2. The van der Waals surface area contributed by atoms with Crippen LogP contribution in [0, 0.1) is 6.92 Å². The highest BCUT2D eigenvalue weighted by Gasteiger charge is 2.24. The lowest BCUT2D eigenvalue weighted by molar-refractivity contribution is -0.121. The average molecular weight is 341 g/mol. The van der Waals surface area contributed by atoms with E-state index in [2.05, 4.69) is 15.2 Å². The molecule has 0 aromatic carbocycles. The Morgan fingerprint density at radius 2 is 2.04 bits per heavy atom. The number of ether oxygens (including phenoxy) is 2. The molecule has 1 N–H and O–H groups in total. The number of hydrogen-bond donors (Lipinski definition) is 1. The minimum atomic E-state index is -0.404. The third kappa shape index (κ3) is 4.98. The molecule has 8 heteroatoms. The number of nitrogens with zero attached hydrogens (tertiary/aromatic N) is 2. The van der Waals surface area contributed by atoms with Crippen LogP contribution in [-0.4, -0.2) is 60.2 Å². The van der Waals surface area contributed by atoms with Crippen molar-refractivity contribution in [2.45, 2.75) is 39.9 Å². The molecule has 0 unspecified atom stereocenters. The van der Waals surface area contributed by atoms with Gasteiger partial charge in [-0.05, 0) is 27.7 Å². The molecule has 1 saturated heterocycles. The summed E-state index contributed by atoms with van der Waals surface area (Å²) in [6, 6.07) is 0. The monoisotopic (exact) mass is 341 g/mol. The summed E-state index contributed by atoms with van der Waals surface area (Å²) < 4.78 is 10.6. The van der Waals surface area contributed by atoms with Gasteiger partial charge < -0.3 is 14.8 Å². The van der Waals surface area contributed by atoms with Crippen molar-refractivity contribution in [3.8, 4) is 0 Å². The number of nitrogens with one attached hydrogen (secondary N) is 1. The fraction of sp³-hybridized carbons (Fsp3) is 0.667. The zero-order valence-corrected chi connectivity index (χ0v) is 14.7. The maximum Gasteiger partial charge on any atom is 0.350 e. The van der Waals surface area contributed by atoms with Crippen LogP contribution in [0.15, 0.2) is 0 Å². The Morgan fingerprint density at radius 3 is 2.65 bits per heavy atom. The summed E-state index contributed by atoms with van der Waals surface area (Å²) in [4.78, 5) is 30.6. The molecule has 0 saturated carbocycles. The molecule has 1 aliphatic heterocycles. The van der Waals surface area contributed by atoms with Crippen molar-refractivity contribution in [3.63, 3.8) is 0 Å². The van der Waals surface area contributed by atoms with Crippen LogP contribution in [0.4, 0.5) is 5.13 Å². The van der Waals surface area contributed by atoms with Gasteiger partial charge in [0.15, 0.2) is 5.13 Å². The van der Waals surface area contributed by atoms with Crippen molar-refractivity contribution >= 4 is 28.3 Å². The number of aryl methyl sites for hydroxylation is 1. The van der Waals surface area contributed by atoms with E-state index >= 15 is 0 Å². The molecule has 1 aromatic heterocycles. The standard InChI is InChI=1S/C15H23N3O4S/c1-5-21-14(20)13-11(4)16-15(23-13)17-12(19)8-18-6-9(2)22-10(3)7-18/h9-10H,5-8H2,1-4H3,(H,16,17,19)/t9-,10-/m0/s1. The Balaban J connectivity index is 1.93. The molecule has 0 bridgehead atoms. The number of anilines is 1. The average Bonchev–Trinajstić information content (AvgIpc) is 2.78. The SMILES string of the molecule is CCOC(=O)c1sc(NC(=O)CN2C[C@H](C)O[C@@H](C)C2)nc1C. The molecule has 0 aliphatic carbocycles. The van der Waals surface area contributed by atoms with Crippen molar-refractivity contribution in [1.82, 2.24) is 9.88 Å². The number of carbonyl (C=O) groups is 2. The minimum Gasteiger partial charge on any atom is -0.462 e. The molecular formula is C15H23N3O4S. The number of amides is 1. The van der Waals surface area contributed by atoms with E-state index in [1.807, 2.05) is 13.8 Å². The topological polar surface area (TPSA) is 80.8 Å². The third-order valence-electron chi connectivity index (χ3n) is 3.37. The summed E-state index contributed by atoms with van der Waals surface area (Å²) in [7, 11) is 0. The number of hydrogen-bond acceptors (Lipinski definition) is 7. The zero-order chi connectivity index (χ0) is 17.0. The van der Waals surface area contributed by atoms with Gasteiger partial charge >= 0.3 is 5.97 Å². The zero-order valence-electron chi connectivity index (χ0n) is 13.9. The maximum atomic E-state index is 12.2. The molecule has 0 radical (unpaired) electrons. The molecule has 23 heavy (non-hydrogen) atoms. The van der Waals surface area contributed by atoms with Crippen molar-refractivity contribution in [2.24, 2.45) is 0 Å². The molecule has 1 aliphatic rings. The first-order chi connectivity index (χ1) is 10.9. The van der Waals surface area contributed by atoms with Crippen LogP contribution in [0.25, 0.3) is 0 Å². The fourth-order valence-corrected chi connectivity index (χ4v) is 3.49. The van der Waals surface area contributed by atoms with E-state index in [4.69, 9.17) is 9.47 Å². The van der Waals surface area contributed by atoms with Gasteiger partial charge in [-0.15, -0.1) is 0 Å². The lowest BCUT2D eigenvalue weighted by Crippen LogP contribution is -2.48. The number of esters is 1. The number of thiazole rings is 1. The normalized spacial score (nSPS) is 21.9. The first-order valence-electron chi connectivity index (χ1n) is 7.71. The van der Waals surface area contributed by atoms with Crippen LogP contribution in [0.5, 0.6) is 0 Å². The Labute approximate surface area is 140 Å². The largest absolute Gasteiger partial charge is 0.462 e. The molecule has 2 atom stereocenters. The van der Waals surface area contributed by atoms with E-state index in [0.29, 0.717) is 22.3 Å². The molecule has 7 nitrogen and oxygen atoms in total. The predicted molar refractivity (Wildman–Crippen MR) is 87.9 cm³/mol. The van der Waals surface area contributed by atoms with Crippen LogP contribution in [-0.2, 0) is 14.3 Å². The highest BCUT2D eigenvalue weighted by Crippen LogP contribution is 2.23. The second-order valence-corrected chi connectivity index (χ2v) is 6.65. The van der Waals surface area contributed by atoms with Crippen molar-refractivity contribution in [3.05, 3.63) is 10.6 Å². The fourth-order valence-electron chi connectivity index (χ4n) is 2.61. The molecule has 0 spiro atoms. The summed E-state index contributed by atoms with van der Waals surface area (Å²) in [5.74, 6) is -0.547. The van der Waals surface area contributed by atoms with Gasteiger partial charge in [0.25, 0.3) is 0 Å². The van der Waals surface area contributed by atoms with E-state index in [9.17, 15) is 9.59 Å². The van der Waals surface area contributed by atoms with Gasteiger partial charge in [-0.1, -0.05) is 11.3 Å². The van der Waals surface area contributed by atoms with Gasteiger partial charge in [0, 0.05) is 13.1 Å². The van der Waals surface area contributed by atoms with E-state index in [1.54, 1.807) is 13.8 Å². The Morgan fingerprint density at radius 1 is 1.39 bits per heavy atom. The van der Waals surface area contributed by atoms with Crippen molar-refractivity contribution in [2.75, 3.05) is 31.6 Å². The predicted octanol–water partition coefficient (Wildman–Crippen LogP) is 1.68. The lowest BCUT2D eigenvalue weighted by atomic mass is 10.2. The van der Waals surface area contributed by atoms with Gasteiger partial charge in [0.2, 0.25) is 5.91 Å². The second kappa shape index (κ2) is 7.85. The minimum absolute atomic E-state index is 0.115. The van der Waals surface area contributed by atoms with Crippen LogP contribution < -0.4 is 5.32 Å². The molecule has 1 fully saturated rings. The Kier molecular flexibility index (Phi) is 6.09. The lowest BCUT2D eigenvalue weighted by Gasteiger charge is -2.34. The van der Waals surface area contributed by atoms with Gasteiger partial charge in [-0.25, -0.2) is 9.78 Å². The van der Waals surface area contributed by atoms with E-state index < -0.39 is 5.97 Å².